The van der Waals surface area contributed by atoms with Crippen molar-refractivity contribution in [2.24, 2.45) is 5.92 Å². The van der Waals surface area contributed by atoms with Gasteiger partial charge in [0.1, 0.15) is 17.1 Å². The summed E-state index contributed by atoms with van der Waals surface area (Å²) in [5.74, 6) is 0.540. The Bertz CT molecular complexity index is 1360. The van der Waals surface area contributed by atoms with E-state index in [4.69, 9.17) is 14.5 Å². The van der Waals surface area contributed by atoms with Crippen LogP contribution in [-0.2, 0) is 10.2 Å². The fraction of sp³-hybridized carbons (Fsp3) is 0.500. The van der Waals surface area contributed by atoms with Crippen molar-refractivity contribution in [3.05, 3.63) is 58.4 Å². The number of ether oxygens (including phenoxy) is 2. The second-order valence-electron chi connectivity index (χ2n) is 10.9. The van der Waals surface area contributed by atoms with Crippen LogP contribution in [0.2, 0.25) is 0 Å². The summed E-state index contributed by atoms with van der Waals surface area (Å²) in [5.41, 5.74) is 2.07. The molecule has 2 saturated carbocycles. The van der Waals surface area contributed by atoms with E-state index in [0.717, 1.165) is 30.6 Å². The Morgan fingerprint density at radius 1 is 1.32 bits per heavy atom. The van der Waals surface area contributed by atoms with Crippen LogP contribution in [-0.4, -0.2) is 38.2 Å². The number of fused-ring (bicyclic) bond motifs is 2. The molecule has 4 aliphatic rings. The van der Waals surface area contributed by atoms with Crippen LogP contribution in [0.3, 0.4) is 0 Å². The van der Waals surface area contributed by atoms with E-state index < -0.39 is 0 Å². The van der Waals surface area contributed by atoms with Gasteiger partial charge in [-0.05, 0) is 58.1 Å². The number of aromatic nitrogens is 3. The van der Waals surface area contributed by atoms with Crippen LogP contribution in [0, 0.1) is 5.92 Å². The fourth-order valence-corrected chi connectivity index (χ4v) is 5.69. The molecule has 0 unspecified atom stereocenters. The zero-order chi connectivity index (χ0) is 23.8. The molecule has 2 bridgehead atoms. The second-order valence-corrected chi connectivity index (χ2v) is 10.9. The minimum Gasteiger partial charge on any atom is -0.490 e. The maximum Gasteiger partial charge on any atom is 0.274 e. The van der Waals surface area contributed by atoms with E-state index in [0.29, 0.717) is 23.8 Å². The summed E-state index contributed by atoms with van der Waals surface area (Å²) in [6, 6.07) is 5.46. The standard InChI is InChI=1S/C26H30N4O4/c1-15(2)34-20-9-22-28-21(26-12-25(4,13-26)33-14-26)11-29(22)10-17(20)23(31)27-18-6-5-7-30(24(18)32)19-8-16(19)3/h5-7,9-11,15-16,19H,8,12-14H2,1-4H3,(H,27,31)/t16-,19-,25?,26?/m0/s1. The Labute approximate surface area is 197 Å². The molecule has 2 aliphatic carbocycles. The highest BCUT2D eigenvalue weighted by molar-refractivity contribution is 6.06. The first-order chi connectivity index (χ1) is 16.2. The van der Waals surface area contributed by atoms with Crippen LogP contribution in [0.5, 0.6) is 5.75 Å². The number of amides is 1. The molecule has 0 aromatic carbocycles. The van der Waals surface area contributed by atoms with Crippen LogP contribution < -0.4 is 15.6 Å². The molecule has 8 heteroatoms. The van der Waals surface area contributed by atoms with Gasteiger partial charge >= 0.3 is 0 Å². The van der Waals surface area contributed by atoms with Crippen molar-refractivity contribution in [3.63, 3.8) is 0 Å². The smallest absolute Gasteiger partial charge is 0.274 e. The molecule has 8 nitrogen and oxygen atoms in total. The molecule has 34 heavy (non-hydrogen) atoms. The average Bonchev–Trinajstić information content (AvgIpc) is 3.08. The predicted octanol–water partition coefficient (Wildman–Crippen LogP) is 3.94. The SMILES string of the molecule is CC(C)Oc1cc2nc(C34COC(C)(C3)C4)cn2cc1C(=O)Nc1cccn([C@H]2C[C@@H]2C)c1=O. The molecule has 3 aromatic rings. The first-order valence-corrected chi connectivity index (χ1v) is 12.0. The van der Waals surface area contributed by atoms with Gasteiger partial charge < -0.3 is 23.8 Å². The highest BCUT2D eigenvalue weighted by atomic mass is 16.5. The maximum absolute atomic E-state index is 13.4. The quantitative estimate of drug-likeness (QED) is 0.600. The van der Waals surface area contributed by atoms with Crippen molar-refractivity contribution < 1.29 is 14.3 Å². The van der Waals surface area contributed by atoms with Crippen molar-refractivity contribution in [3.8, 4) is 5.75 Å². The number of anilines is 1. The molecule has 3 aromatic heterocycles. The van der Waals surface area contributed by atoms with E-state index in [2.05, 4.69) is 19.2 Å². The maximum atomic E-state index is 13.4. The lowest BCUT2D eigenvalue weighted by atomic mass is 9.62. The summed E-state index contributed by atoms with van der Waals surface area (Å²) in [5, 5.41) is 2.82. The van der Waals surface area contributed by atoms with Crippen molar-refractivity contribution in [2.75, 3.05) is 11.9 Å². The van der Waals surface area contributed by atoms with Gasteiger partial charge in [0.05, 0.1) is 29.6 Å². The van der Waals surface area contributed by atoms with Crippen LogP contribution in [0.15, 0.2) is 41.6 Å². The Balaban J connectivity index is 1.35. The Kier molecular flexibility index (Phi) is 4.52. The predicted molar refractivity (Wildman–Crippen MR) is 128 cm³/mol. The number of hydrogen-bond acceptors (Lipinski definition) is 5. The molecule has 4 fully saturated rings. The van der Waals surface area contributed by atoms with Gasteiger partial charge in [-0.1, -0.05) is 6.92 Å². The van der Waals surface area contributed by atoms with E-state index in [1.165, 1.54) is 0 Å². The molecule has 178 valence electrons. The number of nitrogens with zero attached hydrogens (tertiary/aromatic N) is 3. The van der Waals surface area contributed by atoms with Crippen LogP contribution in [0.25, 0.3) is 5.65 Å². The number of rotatable bonds is 6. The number of nitrogens with one attached hydrogen (secondary N) is 1. The lowest BCUT2D eigenvalue weighted by Gasteiger charge is -2.41. The van der Waals surface area contributed by atoms with Gasteiger partial charge in [0.25, 0.3) is 11.5 Å². The Morgan fingerprint density at radius 3 is 2.74 bits per heavy atom. The molecule has 7 rings (SSSR count). The first-order valence-electron chi connectivity index (χ1n) is 12.0. The minimum absolute atomic E-state index is 0.0341. The van der Waals surface area contributed by atoms with Gasteiger partial charge in [-0.2, -0.15) is 0 Å². The Morgan fingerprint density at radius 2 is 2.09 bits per heavy atom. The summed E-state index contributed by atoms with van der Waals surface area (Å²) < 4.78 is 15.5. The highest BCUT2D eigenvalue weighted by Gasteiger charge is 2.61. The molecule has 1 N–H and O–H groups in total. The molecule has 1 amide bonds. The average molecular weight is 463 g/mol. The molecular weight excluding hydrogens is 432 g/mol. The summed E-state index contributed by atoms with van der Waals surface area (Å²) in [6.45, 7) is 8.77. The van der Waals surface area contributed by atoms with E-state index in [1.54, 1.807) is 35.2 Å². The minimum atomic E-state index is -0.384. The highest BCUT2D eigenvalue weighted by Crippen LogP contribution is 2.58. The summed E-state index contributed by atoms with van der Waals surface area (Å²) in [7, 11) is 0. The van der Waals surface area contributed by atoms with Gasteiger partial charge in [-0.3, -0.25) is 9.59 Å². The van der Waals surface area contributed by atoms with Crippen molar-refractivity contribution in [1.29, 1.82) is 0 Å². The molecule has 5 heterocycles. The second kappa shape index (κ2) is 7.18. The van der Waals surface area contributed by atoms with Crippen LogP contribution in [0.1, 0.15) is 69.1 Å². The molecule has 2 aliphatic heterocycles. The van der Waals surface area contributed by atoms with Crippen molar-refractivity contribution in [2.45, 2.75) is 70.1 Å². The number of imidazole rings is 1. The third-order valence-electron chi connectivity index (χ3n) is 7.47. The normalized spacial score (nSPS) is 29.3. The summed E-state index contributed by atoms with van der Waals surface area (Å²) in [4.78, 5) is 31.2. The number of hydrogen-bond donors (Lipinski definition) is 1. The van der Waals surface area contributed by atoms with Crippen LogP contribution in [0.4, 0.5) is 5.69 Å². The van der Waals surface area contributed by atoms with E-state index in [9.17, 15) is 9.59 Å². The molecule has 2 atom stereocenters. The molecule has 0 radical (unpaired) electrons. The van der Waals surface area contributed by atoms with E-state index >= 15 is 0 Å². The summed E-state index contributed by atoms with van der Waals surface area (Å²) in [6.07, 6.45) is 8.31. The van der Waals surface area contributed by atoms with Gasteiger partial charge in [-0.15, -0.1) is 0 Å². The zero-order valence-electron chi connectivity index (χ0n) is 20.0. The first kappa shape index (κ1) is 21.4. The van der Waals surface area contributed by atoms with Crippen molar-refractivity contribution in [1.82, 2.24) is 14.0 Å². The molecule has 0 spiro atoms. The lowest BCUT2D eigenvalue weighted by molar-refractivity contribution is 0.0154. The number of carbonyl (C=O) groups excluding carboxylic acids is 1. The third-order valence-corrected chi connectivity index (χ3v) is 7.47. The fourth-order valence-electron chi connectivity index (χ4n) is 5.69. The molecular formula is C26H30N4O4. The largest absolute Gasteiger partial charge is 0.490 e. The number of pyridine rings is 2. The van der Waals surface area contributed by atoms with Gasteiger partial charge in [0, 0.05) is 36.1 Å². The number of carbonyl (C=O) groups is 1. The van der Waals surface area contributed by atoms with Gasteiger partial charge in [0.2, 0.25) is 0 Å². The van der Waals surface area contributed by atoms with Crippen LogP contribution >= 0.6 is 0 Å². The van der Waals surface area contributed by atoms with Gasteiger partial charge in [-0.25, -0.2) is 4.98 Å². The third kappa shape index (κ3) is 3.35. The topological polar surface area (TPSA) is 86.9 Å². The van der Waals surface area contributed by atoms with Gasteiger partial charge in [0.15, 0.2) is 0 Å². The van der Waals surface area contributed by atoms with E-state index in [1.807, 2.05) is 24.4 Å². The monoisotopic (exact) mass is 462 g/mol. The summed E-state index contributed by atoms with van der Waals surface area (Å²) >= 11 is 0. The van der Waals surface area contributed by atoms with Crippen molar-refractivity contribution >= 4 is 17.2 Å². The Hall–Kier alpha value is -3.13. The lowest BCUT2D eigenvalue weighted by Crippen LogP contribution is -2.45. The molecule has 2 saturated heterocycles. The zero-order valence-corrected chi connectivity index (χ0v) is 20.0. The van der Waals surface area contributed by atoms with E-state index in [-0.39, 0.29) is 40.3 Å².